The zero-order valence-corrected chi connectivity index (χ0v) is 8.16. The third kappa shape index (κ3) is 1.93. The summed E-state index contributed by atoms with van der Waals surface area (Å²) in [6, 6.07) is 0. The number of alkyl halides is 2. The first-order chi connectivity index (χ1) is 6.96. The summed E-state index contributed by atoms with van der Waals surface area (Å²) < 4.78 is 29.1. The number of carboxylic acid groups (broad SMARTS) is 1. The molecule has 0 heterocycles. The highest BCUT2D eigenvalue weighted by atomic mass is 19.3. The maximum absolute atomic E-state index is 12.3. The molecule has 0 aliphatic heterocycles. The number of carbonyl (C=O) groups excluding carboxylic acids is 2. The number of aliphatic carboxylic acids is 1. The van der Waals surface area contributed by atoms with Gasteiger partial charge in [0.25, 0.3) is 0 Å². The quantitative estimate of drug-likeness (QED) is 0.482. The summed E-state index contributed by atoms with van der Waals surface area (Å²) in [6.45, 7) is 1.75. The molecule has 1 aliphatic carbocycles. The van der Waals surface area contributed by atoms with Crippen LogP contribution in [-0.2, 0) is 14.3 Å². The Bertz CT molecular complexity index is 279. The van der Waals surface area contributed by atoms with E-state index in [-0.39, 0.29) is 6.61 Å². The van der Waals surface area contributed by atoms with Crippen LogP contribution in [-0.4, -0.2) is 25.0 Å². The summed E-state index contributed by atoms with van der Waals surface area (Å²) in [5.74, 6) is -4.34. The fraction of sp³-hybridized carbons (Fsp3) is 0.778. The monoisotopic (exact) mass is 221 g/mol. The summed E-state index contributed by atoms with van der Waals surface area (Å²) in [5, 5.41) is 10.7. The first-order valence-corrected chi connectivity index (χ1v) is 4.63. The van der Waals surface area contributed by atoms with E-state index >= 15 is 0 Å². The van der Waals surface area contributed by atoms with Crippen LogP contribution < -0.4 is 5.11 Å². The minimum absolute atomic E-state index is 0.0316. The Morgan fingerprint density at radius 3 is 2.53 bits per heavy atom. The fourth-order valence-electron chi connectivity index (χ4n) is 1.47. The smallest absolute Gasteiger partial charge is 0.318 e. The largest absolute Gasteiger partial charge is 0.549 e. The van der Waals surface area contributed by atoms with Crippen LogP contribution in [0.25, 0.3) is 0 Å². The van der Waals surface area contributed by atoms with Crippen LogP contribution in [0.1, 0.15) is 19.8 Å². The molecule has 0 radical (unpaired) electrons. The molecule has 1 saturated carbocycles. The standard InChI is InChI=1S/C9H12F2O4/c1-2-3-15-8(14)9(7(12)13)4-5(9)6(10)11/h5-6H,2-4H2,1H3,(H,12,13)/p-1/t5?,9-/m0/s1. The lowest BCUT2D eigenvalue weighted by atomic mass is 10.0. The lowest BCUT2D eigenvalue weighted by molar-refractivity contribution is -0.314. The van der Waals surface area contributed by atoms with Crippen molar-refractivity contribution in [3.05, 3.63) is 0 Å². The second kappa shape index (κ2) is 4.12. The second-order valence-electron chi connectivity index (χ2n) is 3.54. The van der Waals surface area contributed by atoms with Gasteiger partial charge in [0.15, 0.2) is 0 Å². The molecule has 86 valence electrons. The molecule has 0 aromatic carbocycles. The number of halogens is 2. The van der Waals surface area contributed by atoms with Crippen LogP contribution >= 0.6 is 0 Å². The highest BCUT2D eigenvalue weighted by Crippen LogP contribution is 2.56. The molecule has 0 aromatic rings. The molecule has 1 unspecified atom stereocenters. The topological polar surface area (TPSA) is 66.4 Å². The van der Waals surface area contributed by atoms with Crippen LogP contribution in [0.4, 0.5) is 8.78 Å². The Hall–Kier alpha value is -1.20. The van der Waals surface area contributed by atoms with Crippen molar-refractivity contribution in [2.24, 2.45) is 11.3 Å². The van der Waals surface area contributed by atoms with Gasteiger partial charge < -0.3 is 14.6 Å². The van der Waals surface area contributed by atoms with E-state index in [0.717, 1.165) is 0 Å². The zero-order chi connectivity index (χ0) is 11.6. The lowest BCUT2D eigenvalue weighted by Gasteiger charge is -2.16. The molecule has 1 aliphatic rings. The Morgan fingerprint density at radius 1 is 1.60 bits per heavy atom. The maximum Gasteiger partial charge on any atom is 0.318 e. The first-order valence-electron chi connectivity index (χ1n) is 4.63. The normalized spacial score (nSPS) is 28.9. The van der Waals surface area contributed by atoms with Crippen molar-refractivity contribution >= 4 is 11.9 Å². The number of hydrogen-bond acceptors (Lipinski definition) is 4. The summed E-state index contributed by atoms with van der Waals surface area (Å²) in [4.78, 5) is 21.9. The van der Waals surface area contributed by atoms with E-state index in [1.54, 1.807) is 6.92 Å². The lowest BCUT2D eigenvalue weighted by Crippen LogP contribution is -2.41. The van der Waals surface area contributed by atoms with E-state index in [9.17, 15) is 23.5 Å². The molecule has 15 heavy (non-hydrogen) atoms. The number of carboxylic acids is 1. The average Bonchev–Trinajstić information content (AvgIpc) is 2.90. The minimum atomic E-state index is -2.84. The molecule has 0 N–H and O–H groups in total. The summed E-state index contributed by atoms with van der Waals surface area (Å²) in [5.41, 5.74) is -2.11. The van der Waals surface area contributed by atoms with Crippen molar-refractivity contribution in [3.8, 4) is 0 Å². The molecule has 0 bridgehead atoms. The van der Waals surface area contributed by atoms with E-state index in [2.05, 4.69) is 4.74 Å². The first kappa shape index (κ1) is 11.9. The van der Waals surface area contributed by atoms with Gasteiger partial charge in [-0.15, -0.1) is 0 Å². The molecule has 2 atom stereocenters. The Morgan fingerprint density at radius 2 is 2.20 bits per heavy atom. The summed E-state index contributed by atoms with van der Waals surface area (Å²) >= 11 is 0. The molecular formula is C9H11F2O4-. The third-order valence-electron chi connectivity index (χ3n) is 2.48. The number of hydrogen-bond donors (Lipinski definition) is 0. The van der Waals surface area contributed by atoms with E-state index in [4.69, 9.17) is 0 Å². The van der Waals surface area contributed by atoms with Crippen LogP contribution in [0.2, 0.25) is 0 Å². The number of carbonyl (C=O) groups is 2. The highest BCUT2D eigenvalue weighted by Gasteiger charge is 2.66. The molecule has 0 aromatic heterocycles. The van der Waals surface area contributed by atoms with Gasteiger partial charge >= 0.3 is 5.97 Å². The van der Waals surface area contributed by atoms with Crippen molar-refractivity contribution in [2.45, 2.75) is 26.2 Å². The molecule has 0 saturated heterocycles. The summed E-state index contributed by atoms with van der Waals surface area (Å²) in [6.07, 6.45) is -2.72. The van der Waals surface area contributed by atoms with E-state index < -0.39 is 36.1 Å². The molecule has 1 fully saturated rings. The van der Waals surface area contributed by atoms with Crippen molar-refractivity contribution in [1.82, 2.24) is 0 Å². The molecular weight excluding hydrogens is 210 g/mol. The predicted octanol–water partition coefficient (Wildman–Crippen LogP) is -0.0391. The van der Waals surface area contributed by atoms with Crippen molar-refractivity contribution in [1.29, 1.82) is 0 Å². The zero-order valence-electron chi connectivity index (χ0n) is 8.16. The predicted molar refractivity (Wildman–Crippen MR) is 42.8 cm³/mol. The number of esters is 1. The van der Waals surface area contributed by atoms with Crippen LogP contribution in [0.15, 0.2) is 0 Å². The van der Waals surface area contributed by atoms with E-state index in [1.807, 2.05) is 0 Å². The Kier molecular flexibility index (Phi) is 3.26. The number of ether oxygens (including phenoxy) is 1. The van der Waals surface area contributed by atoms with Crippen LogP contribution in [0.5, 0.6) is 0 Å². The second-order valence-corrected chi connectivity index (χ2v) is 3.54. The van der Waals surface area contributed by atoms with Gasteiger partial charge in [0, 0.05) is 5.92 Å². The van der Waals surface area contributed by atoms with Crippen molar-refractivity contribution in [2.75, 3.05) is 6.61 Å². The fourth-order valence-corrected chi connectivity index (χ4v) is 1.47. The van der Waals surface area contributed by atoms with Gasteiger partial charge in [0.1, 0.15) is 5.41 Å². The molecule has 1 rings (SSSR count). The van der Waals surface area contributed by atoms with Crippen molar-refractivity contribution in [3.63, 3.8) is 0 Å². The highest BCUT2D eigenvalue weighted by molar-refractivity contribution is 6.02. The molecule has 0 spiro atoms. The third-order valence-corrected chi connectivity index (χ3v) is 2.48. The van der Waals surface area contributed by atoms with Gasteiger partial charge in [-0.25, -0.2) is 8.78 Å². The van der Waals surface area contributed by atoms with Gasteiger partial charge in [0.2, 0.25) is 6.43 Å². The molecule has 6 heteroatoms. The SMILES string of the molecule is CCCOC(=O)[C@@]1(C(=O)[O-])CC1C(F)F. The van der Waals surface area contributed by atoms with E-state index in [0.29, 0.717) is 6.42 Å². The molecule has 0 amide bonds. The Balaban J connectivity index is 2.70. The van der Waals surface area contributed by atoms with Gasteiger partial charge in [-0.3, -0.25) is 4.79 Å². The van der Waals surface area contributed by atoms with Crippen molar-refractivity contribution < 1.29 is 28.2 Å². The van der Waals surface area contributed by atoms with Crippen LogP contribution in [0.3, 0.4) is 0 Å². The minimum Gasteiger partial charge on any atom is -0.549 e. The maximum atomic E-state index is 12.3. The number of rotatable bonds is 5. The van der Waals surface area contributed by atoms with E-state index in [1.165, 1.54) is 0 Å². The average molecular weight is 221 g/mol. The van der Waals surface area contributed by atoms with Gasteiger partial charge in [-0.1, -0.05) is 6.92 Å². The Labute approximate surface area is 85.2 Å². The molecule has 4 nitrogen and oxygen atoms in total. The van der Waals surface area contributed by atoms with Gasteiger partial charge in [0.05, 0.1) is 12.6 Å². The van der Waals surface area contributed by atoms with Crippen LogP contribution in [0, 0.1) is 11.3 Å². The van der Waals surface area contributed by atoms with Gasteiger partial charge in [-0.05, 0) is 12.8 Å². The van der Waals surface area contributed by atoms with Gasteiger partial charge in [-0.2, -0.15) is 0 Å². The summed E-state index contributed by atoms with van der Waals surface area (Å²) in [7, 11) is 0.